The molecule has 1 amide bonds. The third-order valence-electron chi connectivity index (χ3n) is 4.29. The average molecular weight is 367 g/mol. The van der Waals surface area contributed by atoms with Crippen molar-refractivity contribution in [2.45, 2.75) is 13.8 Å². The largest absolute Gasteiger partial charge is 0.484 e. The molecule has 0 fully saturated rings. The number of carbonyl (C=O) groups excluding carboxylic acids is 1. The lowest BCUT2D eigenvalue weighted by Crippen LogP contribution is -2.22. The first-order valence-electron chi connectivity index (χ1n) is 8.92. The number of nitrogens with zero attached hydrogens (tertiary/aromatic N) is 2. The maximum absolute atomic E-state index is 13.5. The van der Waals surface area contributed by atoms with Gasteiger partial charge in [-0.1, -0.05) is 6.07 Å². The summed E-state index contributed by atoms with van der Waals surface area (Å²) < 4.78 is 19.1. The molecule has 0 bridgehead atoms. The number of ether oxygens (including phenoxy) is 1. The summed E-state index contributed by atoms with van der Waals surface area (Å²) in [6.45, 7) is 5.83. The topological polar surface area (TPSA) is 54.5 Å². The molecule has 0 aliphatic heterocycles. The van der Waals surface area contributed by atoms with Gasteiger partial charge in [0.05, 0.1) is 11.2 Å². The second-order valence-electron chi connectivity index (χ2n) is 6.03. The highest BCUT2D eigenvalue weighted by atomic mass is 19.1. The number of carbonyl (C=O) groups is 1. The highest BCUT2D eigenvalue weighted by Crippen LogP contribution is 2.23. The van der Waals surface area contributed by atoms with Gasteiger partial charge in [-0.3, -0.25) is 9.78 Å². The van der Waals surface area contributed by atoms with Crippen molar-refractivity contribution in [1.82, 2.24) is 4.98 Å². The Morgan fingerprint density at radius 1 is 1.15 bits per heavy atom. The SMILES string of the molecule is CCN(CC)c1cccc(OCC(=O)Nc2ccnc3ccc(F)cc23)c1. The zero-order valence-electron chi connectivity index (χ0n) is 15.4. The number of benzene rings is 2. The molecule has 0 saturated carbocycles. The molecule has 2 aromatic carbocycles. The maximum atomic E-state index is 13.5. The molecular weight excluding hydrogens is 345 g/mol. The molecule has 0 spiro atoms. The Bertz CT molecular complexity index is 942. The number of hydrogen-bond donors (Lipinski definition) is 1. The molecule has 6 heteroatoms. The van der Waals surface area contributed by atoms with E-state index in [0.717, 1.165) is 18.8 Å². The van der Waals surface area contributed by atoms with Crippen molar-refractivity contribution in [2.75, 3.05) is 29.9 Å². The summed E-state index contributed by atoms with van der Waals surface area (Å²) in [7, 11) is 0. The summed E-state index contributed by atoms with van der Waals surface area (Å²) in [6, 6.07) is 13.6. The maximum Gasteiger partial charge on any atom is 0.262 e. The van der Waals surface area contributed by atoms with Crippen molar-refractivity contribution in [3.05, 3.63) is 60.5 Å². The molecule has 0 aliphatic rings. The fraction of sp³-hybridized carbons (Fsp3) is 0.238. The summed E-state index contributed by atoms with van der Waals surface area (Å²) >= 11 is 0. The summed E-state index contributed by atoms with van der Waals surface area (Å²) in [6.07, 6.45) is 1.57. The first kappa shape index (κ1) is 18.6. The van der Waals surface area contributed by atoms with E-state index < -0.39 is 0 Å². The van der Waals surface area contributed by atoms with Crippen LogP contribution in [0.2, 0.25) is 0 Å². The molecule has 1 aromatic heterocycles. The Kier molecular flexibility index (Phi) is 5.86. The lowest BCUT2D eigenvalue weighted by Gasteiger charge is -2.21. The van der Waals surface area contributed by atoms with Crippen molar-refractivity contribution in [3.8, 4) is 5.75 Å². The molecule has 3 rings (SSSR count). The van der Waals surface area contributed by atoms with Gasteiger partial charge < -0.3 is 15.0 Å². The van der Waals surface area contributed by atoms with Crippen LogP contribution in [-0.2, 0) is 4.79 Å². The van der Waals surface area contributed by atoms with Crippen LogP contribution >= 0.6 is 0 Å². The molecule has 0 unspecified atom stereocenters. The van der Waals surface area contributed by atoms with Gasteiger partial charge in [-0.05, 0) is 50.2 Å². The molecule has 1 N–H and O–H groups in total. The number of aromatic nitrogens is 1. The van der Waals surface area contributed by atoms with Gasteiger partial charge in [0.15, 0.2) is 6.61 Å². The summed E-state index contributed by atoms with van der Waals surface area (Å²) in [4.78, 5) is 18.7. The predicted octanol–water partition coefficient (Wildman–Crippen LogP) is 4.24. The van der Waals surface area contributed by atoms with E-state index in [1.54, 1.807) is 18.3 Å². The molecule has 1 heterocycles. The summed E-state index contributed by atoms with van der Waals surface area (Å²) in [5.74, 6) is -0.0735. The molecule has 3 aromatic rings. The van der Waals surface area contributed by atoms with E-state index in [1.165, 1.54) is 12.1 Å². The van der Waals surface area contributed by atoms with Gasteiger partial charge in [-0.2, -0.15) is 0 Å². The van der Waals surface area contributed by atoms with Gasteiger partial charge in [0.2, 0.25) is 0 Å². The van der Waals surface area contributed by atoms with Gasteiger partial charge >= 0.3 is 0 Å². The molecular formula is C21H22FN3O2. The smallest absolute Gasteiger partial charge is 0.262 e. The Labute approximate surface area is 157 Å². The van der Waals surface area contributed by atoms with E-state index in [2.05, 4.69) is 29.0 Å². The zero-order valence-corrected chi connectivity index (χ0v) is 15.4. The molecule has 0 aliphatic carbocycles. The van der Waals surface area contributed by atoms with Crippen LogP contribution in [0.5, 0.6) is 5.75 Å². The number of amides is 1. The van der Waals surface area contributed by atoms with Crippen LogP contribution in [0.3, 0.4) is 0 Å². The minimum atomic E-state index is -0.379. The van der Waals surface area contributed by atoms with Crippen molar-refractivity contribution in [3.63, 3.8) is 0 Å². The van der Waals surface area contributed by atoms with Crippen molar-refractivity contribution >= 4 is 28.2 Å². The third kappa shape index (κ3) is 4.53. The molecule has 0 radical (unpaired) electrons. The number of anilines is 2. The van der Waals surface area contributed by atoms with E-state index >= 15 is 0 Å². The monoisotopic (exact) mass is 367 g/mol. The number of hydrogen-bond acceptors (Lipinski definition) is 4. The normalized spacial score (nSPS) is 10.6. The molecule has 0 atom stereocenters. The predicted molar refractivity (Wildman–Crippen MR) is 106 cm³/mol. The second-order valence-corrected chi connectivity index (χ2v) is 6.03. The molecule has 0 saturated heterocycles. The van der Waals surface area contributed by atoms with E-state index in [0.29, 0.717) is 22.3 Å². The van der Waals surface area contributed by atoms with Gasteiger partial charge in [0, 0.05) is 36.4 Å². The minimum absolute atomic E-state index is 0.138. The lowest BCUT2D eigenvalue weighted by molar-refractivity contribution is -0.118. The van der Waals surface area contributed by atoms with E-state index in [1.807, 2.05) is 24.3 Å². The Hall–Kier alpha value is -3.15. The van der Waals surface area contributed by atoms with E-state index in [-0.39, 0.29) is 18.3 Å². The first-order valence-corrected chi connectivity index (χ1v) is 8.92. The van der Waals surface area contributed by atoms with Crippen LogP contribution in [0.4, 0.5) is 15.8 Å². The second kappa shape index (κ2) is 8.49. The summed E-state index contributed by atoms with van der Waals surface area (Å²) in [5.41, 5.74) is 2.17. The number of halogens is 1. The fourth-order valence-corrected chi connectivity index (χ4v) is 2.92. The quantitative estimate of drug-likeness (QED) is 0.679. The highest BCUT2D eigenvalue weighted by Gasteiger charge is 2.09. The first-order chi connectivity index (χ1) is 13.1. The van der Waals surface area contributed by atoms with Crippen molar-refractivity contribution < 1.29 is 13.9 Å². The highest BCUT2D eigenvalue weighted by molar-refractivity contribution is 6.01. The van der Waals surface area contributed by atoms with Crippen LogP contribution in [0.15, 0.2) is 54.7 Å². The van der Waals surface area contributed by atoms with E-state index in [4.69, 9.17) is 4.74 Å². The Morgan fingerprint density at radius 2 is 1.96 bits per heavy atom. The van der Waals surface area contributed by atoms with Gasteiger partial charge in [-0.25, -0.2) is 4.39 Å². The third-order valence-corrected chi connectivity index (χ3v) is 4.29. The fourth-order valence-electron chi connectivity index (χ4n) is 2.92. The minimum Gasteiger partial charge on any atom is -0.484 e. The Balaban J connectivity index is 1.67. The van der Waals surface area contributed by atoms with Gasteiger partial charge in [0.25, 0.3) is 5.91 Å². The van der Waals surface area contributed by atoms with Gasteiger partial charge in [-0.15, -0.1) is 0 Å². The number of pyridine rings is 1. The molecule has 27 heavy (non-hydrogen) atoms. The lowest BCUT2D eigenvalue weighted by atomic mass is 10.2. The zero-order chi connectivity index (χ0) is 19.2. The number of fused-ring (bicyclic) bond motifs is 1. The Morgan fingerprint density at radius 3 is 2.74 bits per heavy atom. The molecule has 5 nitrogen and oxygen atoms in total. The van der Waals surface area contributed by atoms with E-state index in [9.17, 15) is 9.18 Å². The summed E-state index contributed by atoms with van der Waals surface area (Å²) in [5, 5.41) is 3.31. The average Bonchev–Trinajstić information content (AvgIpc) is 2.68. The standard InChI is InChI=1S/C21H22FN3O2/c1-3-25(4-2)16-6-5-7-17(13-16)27-14-21(26)24-20-10-11-23-19-9-8-15(22)12-18(19)20/h5-13H,3-4,14H2,1-2H3,(H,23,24,26). The number of rotatable bonds is 7. The van der Waals surface area contributed by atoms with Crippen LogP contribution in [-0.4, -0.2) is 30.6 Å². The van der Waals surface area contributed by atoms with Gasteiger partial charge in [0.1, 0.15) is 11.6 Å². The van der Waals surface area contributed by atoms with Crippen molar-refractivity contribution in [2.24, 2.45) is 0 Å². The van der Waals surface area contributed by atoms with Crippen LogP contribution < -0.4 is 15.0 Å². The number of nitrogens with one attached hydrogen (secondary N) is 1. The van der Waals surface area contributed by atoms with Crippen LogP contribution in [0.1, 0.15) is 13.8 Å². The van der Waals surface area contributed by atoms with Crippen molar-refractivity contribution in [1.29, 1.82) is 0 Å². The van der Waals surface area contributed by atoms with Crippen LogP contribution in [0, 0.1) is 5.82 Å². The molecule has 140 valence electrons. The van der Waals surface area contributed by atoms with Crippen LogP contribution in [0.25, 0.3) is 10.9 Å².